The number of carbonyl (C=O) groups is 1. The molecule has 1 rings (SSSR count). The minimum absolute atomic E-state index is 0.0393. The summed E-state index contributed by atoms with van der Waals surface area (Å²) in [6.45, 7) is 5.10. The highest BCUT2D eigenvalue weighted by Crippen LogP contribution is 2.30. The normalized spacial score (nSPS) is 9.71. The van der Waals surface area contributed by atoms with Gasteiger partial charge in [-0.2, -0.15) is 0 Å². The van der Waals surface area contributed by atoms with Crippen LogP contribution in [-0.2, 0) is 0 Å². The van der Waals surface area contributed by atoms with Crippen LogP contribution in [0.3, 0.4) is 0 Å². The summed E-state index contributed by atoms with van der Waals surface area (Å²) in [6.07, 6.45) is 1.45. The number of rotatable bonds is 5. The quantitative estimate of drug-likeness (QED) is 0.481. The zero-order valence-corrected chi connectivity index (χ0v) is 9.17. The van der Waals surface area contributed by atoms with Crippen LogP contribution in [0, 0.1) is 17.0 Å². The summed E-state index contributed by atoms with van der Waals surface area (Å²) in [4.78, 5) is 20.9. The Balaban J connectivity index is 3.30. The van der Waals surface area contributed by atoms with Crippen LogP contribution in [0.25, 0.3) is 0 Å². The molecule has 0 aliphatic carbocycles. The summed E-state index contributed by atoms with van der Waals surface area (Å²) in [6, 6.07) is 2.33. The molecule has 0 aliphatic heterocycles. The predicted octanol–water partition coefficient (Wildman–Crippen LogP) is 2.17. The van der Waals surface area contributed by atoms with E-state index in [1.54, 1.807) is 6.92 Å². The van der Waals surface area contributed by atoms with Crippen LogP contribution in [0.2, 0.25) is 0 Å². The number of carboxylic acid groups (broad SMARTS) is 1. The molecular weight excluding hydrogens is 226 g/mol. The predicted molar refractivity (Wildman–Crippen MR) is 60.5 cm³/mol. The average Bonchev–Trinajstić information content (AvgIpc) is 2.25. The molecule has 90 valence electrons. The number of hydrogen-bond donors (Lipinski definition) is 1. The molecule has 17 heavy (non-hydrogen) atoms. The van der Waals surface area contributed by atoms with E-state index in [-0.39, 0.29) is 23.6 Å². The Bertz CT molecular complexity index is 481. The van der Waals surface area contributed by atoms with Crippen molar-refractivity contribution in [3.8, 4) is 5.75 Å². The molecule has 0 radical (unpaired) electrons. The molecular formula is C11H11NO5. The standard InChI is InChI=1S/C11H11NO5/c1-3-4-17-10-5-7(2)8(11(13)14)6-9(10)12(15)16/h3,5-6H,1,4H2,2H3,(H,13,14). The molecule has 0 aromatic heterocycles. The Labute approximate surface area is 97.3 Å². The smallest absolute Gasteiger partial charge is 0.336 e. The van der Waals surface area contributed by atoms with Crippen LogP contribution in [0.15, 0.2) is 24.8 Å². The minimum Gasteiger partial charge on any atom is -0.483 e. The van der Waals surface area contributed by atoms with Gasteiger partial charge in [-0.05, 0) is 18.6 Å². The van der Waals surface area contributed by atoms with Gasteiger partial charge in [0.15, 0.2) is 5.75 Å². The fraction of sp³-hybridized carbons (Fsp3) is 0.182. The number of aromatic carboxylic acids is 1. The fourth-order valence-electron chi connectivity index (χ4n) is 1.31. The number of nitro benzene ring substituents is 1. The second-order valence-corrected chi connectivity index (χ2v) is 3.30. The summed E-state index contributed by atoms with van der Waals surface area (Å²) in [7, 11) is 0. The van der Waals surface area contributed by atoms with Crippen molar-refractivity contribution in [2.24, 2.45) is 0 Å². The Morgan fingerprint density at radius 1 is 1.65 bits per heavy atom. The van der Waals surface area contributed by atoms with Gasteiger partial charge >= 0.3 is 11.7 Å². The average molecular weight is 237 g/mol. The van der Waals surface area contributed by atoms with Gasteiger partial charge in [-0.1, -0.05) is 12.7 Å². The van der Waals surface area contributed by atoms with Gasteiger partial charge in [0.05, 0.1) is 10.5 Å². The topological polar surface area (TPSA) is 89.7 Å². The maximum atomic E-state index is 10.8. The summed E-state index contributed by atoms with van der Waals surface area (Å²) >= 11 is 0. The van der Waals surface area contributed by atoms with Crippen LogP contribution in [0.1, 0.15) is 15.9 Å². The Morgan fingerprint density at radius 2 is 2.29 bits per heavy atom. The van der Waals surface area contributed by atoms with Gasteiger partial charge in [-0.3, -0.25) is 10.1 Å². The lowest BCUT2D eigenvalue weighted by Crippen LogP contribution is -2.04. The third kappa shape index (κ3) is 2.81. The van der Waals surface area contributed by atoms with Gasteiger partial charge in [0.2, 0.25) is 0 Å². The molecule has 0 bridgehead atoms. The lowest BCUT2D eigenvalue weighted by Gasteiger charge is -2.07. The first-order valence-corrected chi connectivity index (χ1v) is 4.73. The van der Waals surface area contributed by atoms with E-state index in [9.17, 15) is 14.9 Å². The van der Waals surface area contributed by atoms with E-state index in [0.29, 0.717) is 5.56 Å². The highest BCUT2D eigenvalue weighted by atomic mass is 16.6. The fourth-order valence-corrected chi connectivity index (χ4v) is 1.31. The first-order chi connectivity index (χ1) is 7.97. The highest BCUT2D eigenvalue weighted by molar-refractivity contribution is 5.90. The number of aryl methyl sites for hydroxylation is 1. The van der Waals surface area contributed by atoms with E-state index in [1.165, 1.54) is 12.1 Å². The van der Waals surface area contributed by atoms with Crippen molar-refractivity contribution in [1.29, 1.82) is 0 Å². The number of carboxylic acids is 1. The van der Waals surface area contributed by atoms with Gasteiger partial charge in [0.1, 0.15) is 6.61 Å². The van der Waals surface area contributed by atoms with Crippen LogP contribution in [0.4, 0.5) is 5.69 Å². The molecule has 0 fully saturated rings. The third-order valence-corrected chi connectivity index (χ3v) is 2.09. The maximum Gasteiger partial charge on any atom is 0.336 e. The van der Waals surface area contributed by atoms with E-state index in [1.807, 2.05) is 0 Å². The number of ether oxygens (including phenoxy) is 1. The molecule has 0 unspecified atom stereocenters. The highest BCUT2D eigenvalue weighted by Gasteiger charge is 2.20. The van der Waals surface area contributed by atoms with Crippen molar-refractivity contribution >= 4 is 11.7 Å². The minimum atomic E-state index is -1.21. The molecule has 0 aliphatic rings. The van der Waals surface area contributed by atoms with Crippen molar-refractivity contribution in [1.82, 2.24) is 0 Å². The number of hydrogen-bond acceptors (Lipinski definition) is 4. The lowest BCUT2D eigenvalue weighted by atomic mass is 10.1. The first kappa shape index (κ1) is 12.7. The largest absolute Gasteiger partial charge is 0.483 e. The summed E-state index contributed by atoms with van der Waals surface area (Å²) in [5.74, 6) is -1.17. The molecule has 0 spiro atoms. The van der Waals surface area contributed by atoms with Crippen molar-refractivity contribution in [3.63, 3.8) is 0 Å². The van der Waals surface area contributed by atoms with E-state index >= 15 is 0 Å². The van der Waals surface area contributed by atoms with Crippen molar-refractivity contribution in [3.05, 3.63) is 46.0 Å². The Kier molecular flexibility index (Phi) is 3.82. The van der Waals surface area contributed by atoms with Crippen LogP contribution in [0.5, 0.6) is 5.75 Å². The Hall–Kier alpha value is -2.37. The molecule has 1 N–H and O–H groups in total. The van der Waals surface area contributed by atoms with E-state index in [2.05, 4.69) is 6.58 Å². The molecule has 0 heterocycles. The number of nitrogens with zero attached hydrogens (tertiary/aromatic N) is 1. The van der Waals surface area contributed by atoms with E-state index in [4.69, 9.17) is 9.84 Å². The van der Waals surface area contributed by atoms with E-state index < -0.39 is 10.9 Å². The lowest BCUT2D eigenvalue weighted by molar-refractivity contribution is -0.385. The van der Waals surface area contributed by atoms with Crippen molar-refractivity contribution in [2.45, 2.75) is 6.92 Å². The zero-order chi connectivity index (χ0) is 13.0. The monoisotopic (exact) mass is 237 g/mol. The second-order valence-electron chi connectivity index (χ2n) is 3.30. The zero-order valence-electron chi connectivity index (χ0n) is 9.17. The SMILES string of the molecule is C=CCOc1cc(C)c(C(=O)O)cc1[N+](=O)[O-]. The molecule has 1 aromatic carbocycles. The summed E-state index contributed by atoms with van der Waals surface area (Å²) < 4.78 is 5.11. The van der Waals surface area contributed by atoms with E-state index in [0.717, 1.165) is 6.07 Å². The van der Waals surface area contributed by atoms with Crippen LogP contribution in [-0.4, -0.2) is 22.6 Å². The molecule has 0 amide bonds. The summed E-state index contributed by atoms with van der Waals surface area (Å²) in [5.41, 5.74) is -0.0698. The molecule has 0 atom stereocenters. The van der Waals surface area contributed by atoms with Crippen molar-refractivity contribution in [2.75, 3.05) is 6.61 Å². The second kappa shape index (κ2) is 5.11. The summed E-state index contributed by atoms with van der Waals surface area (Å²) in [5, 5.41) is 19.6. The van der Waals surface area contributed by atoms with Crippen LogP contribution >= 0.6 is 0 Å². The molecule has 0 saturated heterocycles. The molecule has 1 aromatic rings. The van der Waals surface area contributed by atoms with Crippen molar-refractivity contribution < 1.29 is 19.6 Å². The number of benzene rings is 1. The maximum absolute atomic E-state index is 10.8. The molecule has 6 nitrogen and oxygen atoms in total. The first-order valence-electron chi connectivity index (χ1n) is 4.73. The van der Waals surface area contributed by atoms with Gasteiger partial charge in [-0.25, -0.2) is 4.79 Å². The van der Waals surface area contributed by atoms with Gasteiger partial charge in [-0.15, -0.1) is 0 Å². The van der Waals surface area contributed by atoms with Crippen LogP contribution < -0.4 is 4.74 Å². The number of nitro groups is 1. The van der Waals surface area contributed by atoms with Gasteiger partial charge in [0.25, 0.3) is 0 Å². The Morgan fingerprint density at radius 3 is 2.76 bits per heavy atom. The van der Waals surface area contributed by atoms with Gasteiger partial charge < -0.3 is 9.84 Å². The third-order valence-electron chi connectivity index (χ3n) is 2.09. The molecule has 0 saturated carbocycles. The van der Waals surface area contributed by atoms with Gasteiger partial charge in [0, 0.05) is 6.07 Å². The molecule has 6 heteroatoms.